The van der Waals surface area contributed by atoms with E-state index in [1.165, 1.54) is 30.7 Å². The number of amidine groups is 1. The zero-order valence-corrected chi connectivity index (χ0v) is 20.2. The van der Waals surface area contributed by atoms with Crippen LogP contribution < -0.4 is 10.2 Å². The number of piperidine rings is 1. The molecule has 5 rings (SSSR count). The lowest BCUT2D eigenvalue weighted by Crippen LogP contribution is -2.44. The molecule has 1 atom stereocenters. The molecule has 35 heavy (non-hydrogen) atoms. The van der Waals surface area contributed by atoms with Crippen LogP contribution >= 0.6 is 11.8 Å². The highest BCUT2D eigenvalue weighted by Crippen LogP contribution is 2.35. The van der Waals surface area contributed by atoms with Crippen molar-refractivity contribution >= 4 is 28.5 Å². The molecule has 0 bridgehead atoms. The largest absolute Gasteiger partial charge is 0.416 e. The van der Waals surface area contributed by atoms with Crippen LogP contribution in [0.5, 0.6) is 0 Å². The van der Waals surface area contributed by atoms with Crippen LogP contribution in [0.3, 0.4) is 0 Å². The molecule has 1 amide bonds. The first-order chi connectivity index (χ1) is 16.9. The number of hydrogen-bond acceptors (Lipinski definition) is 5. The number of amides is 1. The quantitative estimate of drug-likeness (QED) is 0.613. The standard InChI is InChI=1S/C26H29F3N4OS/c27-26(28,29)20-14-19(24(34)31-25-30-23(17-35-25)18-6-2-1-3-7-18)15-22(16-20)33-12-8-21(9-13-33)32-10-4-5-11-32/h1-3,6-7,14-16,21,23H,4-5,8-13,17H2,(H,30,31,34). The van der Waals surface area contributed by atoms with Crippen LogP contribution in [0.25, 0.3) is 0 Å². The van der Waals surface area contributed by atoms with E-state index in [0.717, 1.165) is 37.6 Å². The normalized spacial score (nSPS) is 21.9. The average Bonchev–Trinajstić information content (AvgIpc) is 3.57. The summed E-state index contributed by atoms with van der Waals surface area (Å²) in [5.41, 5.74) is 0.698. The number of likely N-dealkylation sites (tertiary alicyclic amines) is 1. The Hall–Kier alpha value is -2.52. The number of aliphatic imine (C=N–C) groups is 1. The van der Waals surface area contributed by atoms with E-state index in [9.17, 15) is 18.0 Å². The van der Waals surface area contributed by atoms with Gasteiger partial charge >= 0.3 is 6.18 Å². The first-order valence-electron chi connectivity index (χ1n) is 12.1. The summed E-state index contributed by atoms with van der Waals surface area (Å²) in [4.78, 5) is 22.0. The summed E-state index contributed by atoms with van der Waals surface area (Å²) < 4.78 is 41.1. The fourth-order valence-corrected chi connectivity index (χ4v) is 6.09. The number of halogens is 3. The molecule has 186 valence electrons. The number of carbonyl (C=O) groups is 1. The second-order valence-electron chi connectivity index (χ2n) is 9.35. The topological polar surface area (TPSA) is 47.9 Å². The summed E-state index contributed by atoms with van der Waals surface area (Å²) >= 11 is 1.40. The average molecular weight is 503 g/mol. The third kappa shape index (κ3) is 5.67. The maximum absolute atomic E-state index is 13.7. The van der Waals surface area contributed by atoms with Gasteiger partial charge in [-0.1, -0.05) is 42.1 Å². The zero-order chi connectivity index (χ0) is 24.4. The number of anilines is 1. The van der Waals surface area contributed by atoms with Gasteiger partial charge in [0.15, 0.2) is 5.17 Å². The van der Waals surface area contributed by atoms with Crippen molar-refractivity contribution in [3.05, 3.63) is 65.2 Å². The van der Waals surface area contributed by atoms with Gasteiger partial charge in [0, 0.05) is 36.1 Å². The summed E-state index contributed by atoms with van der Waals surface area (Å²) in [6.45, 7) is 3.60. The smallest absolute Gasteiger partial charge is 0.371 e. The van der Waals surface area contributed by atoms with Crippen molar-refractivity contribution in [2.45, 2.75) is 43.9 Å². The van der Waals surface area contributed by atoms with Gasteiger partial charge in [-0.3, -0.25) is 9.79 Å². The Balaban J connectivity index is 1.31. The van der Waals surface area contributed by atoms with Crippen LogP contribution in [-0.2, 0) is 6.18 Å². The summed E-state index contributed by atoms with van der Waals surface area (Å²) in [6, 6.07) is 13.9. The van der Waals surface area contributed by atoms with Crippen LogP contribution in [0.4, 0.5) is 18.9 Å². The van der Waals surface area contributed by atoms with E-state index in [-0.39, 0.29) is 11.6 Å². The molecular formula is C26H29F3N4OS. The molecular weight excluding hydrogens is 473 g/mol. The van der Waals surface area contributed by atoms with Gasteiger partial charge in [0.25, 0.3) is 5.91 Å². The predicted octanol–water partition coefficient (Wildman–Crippen LogP) is 5.34. The number of benzene rings is 2. The molecule has 2 fully saturated rings. The molecule has 1 N–H and O–H groups in total. The Morgan fingerprint density at radius 2 is 1.71 bits per heavy atom. The first kappa shape index (κ1) is 24.2. The van der Waals surface area contributed by atoms with Gasteiger partial charge in [0.2, 0.25) is 0 Å². The van der Waals surface area contributed by atoms with E-state index in [4.69, 9.17) is 0 Å². The third-order valence-corrected chi connectivity index (χ3v) is 8.01. The van der Waals surface area contributed by atoms with Crippen molar-refractivity contribution < 1.29 is 18.0 Å². The molecule has 2 aromatic carbocycles. The maximum atomic E-state index is 13.7. The minimum atomic E-state index is -4.53. The lowest BCUT2D eigenvalue weighted by molar-refractivity contribution is -0.137. The first-order valence-corrected chi connectivity index (χ1v) is 13.1. The summed E-state index contributed by atoms with van der Waals surface area (Å²) in [5, 5.41) is 3.17. The van der Waals surface area contributed by atoms with Crippen molar-refractivity contribution in [1.82, 2.24) is 10.2 Å². The van der Waals surface area contributed by atoms with Crippen molar-refractivity contribution in [1.29, 1.82) is 0 Å². The number of nitrogens with one attached hydrogen (secondary N) is 1. The second-order valence-corrected chi connectivity index (χ2v) is 10.4. The summed E-state index contributed by atoms with van der Waals surface area (Å²) in [7, 11) is 0. The van der Waals surface area contributed by atoms with E-state index in [1.54, 1.807) is 6.07 Å². The Morgan fingerprint density at radius 1 is 1.00 bits per heavy atom. The fourth-order valence-electron chi connectivity index (χ4n) is 5.14. The van der Waals surface area contributed by atoms with Crippen LogP contribution in [0.1, 0.15) is 53.2 Å². The lowest BCUT2D eigenvalue weighted by Gasteiger charge is -2.38. The van der Waals surface area contributed by atoms with Crippen molar-refractivity contribution in [3.8, 4) is 0 Å². The van der Waals surface area contributed by atoms with E-state index < -0.39 is 17.6 Å². The van der Waals surface area contributed by atoms with Gasteiger partial charge < -0.3 is 15.1 Å². The van der Waals surface area contributed by atoms with Gasteiger partial charge in [0.1, 0.15) is 0 Å². The minimum absolute atomic E-state index is 0.00273. The molecule has 3 aliphatic heterocycles. The van der Waals surface area contributed by atoms with Crippen molar-refractivity contribution in [3.63, 3.8) is 0 Å². The van der Waals surface area contributed by atoms with Crippen LogP contribution in [0.2, 0.25) is 0 Å². The van der Waals surface area contributed by atoms with Gasteiger partial charge in [-0.2, -0.15) is 13.2 Å². The highest BCUT2D eigenvalue weighted by atomic mass is 32.2. The number of carbonyl (C=O) groups excluding carboxylic acids is 1. The molecule has 0 aromatic heterocycles. The Morgan fingerprint density at radius 3 is 2.40 bits per heavy atom. The number of thioether (sulfide) groups is 1. The molecule has 0 radical (unpaired) electrons. The van der Waals surface area contributed by atoms with Gasteiger partial charge in [0.05, 0.1) is 11.6 Å². The monoisotopic (exact) mass is 502 g/mol. The molecule has 0 spiro atoms. The number of rotatable bonds is 4. The number of nitrogens with zero attached hydrogens (tertiary/aromatic N) is 3. The van der Waals surface area contributed by atoms with E-state index in [1.807, 2.05) is 35.2 Å². The van der Waals surface area contributed by atoms with Gasteiger partial charge in [-0.25, -0.2) is 0 Å². The SMILES string of the molecule is O=C(NC1=NC(c2ccccc2)CS1)c1cc(N2CCC(N3CCCC3)CC2)cc(C(F)(F)F)c1. The molecule has 1 unspecified atom stereocenters. The Bertz CT molecular complexity index is 1080. The zero-order valence-electron chi connectivity index (χ0n) is 19.4. The molecule has 5 nitrogen and oxygen atoms in total. The molecule has 2 aromatic rings. The molecule has 3 heterocycles. The van der Waals surface area contributed by atoms with E-state index in [2.05, 4.69) is 15.2 Å². The molecule has 3 aliphatic rings. The minimum Gasteiger partial charge on any atom is -0.371 e. The highest BCUT2D eigenvalue weighted by Gasteiger charge is 2.34. The Labute approximate surface area is 207 Å². The molecule has 0 saturated carbocycles. The van der Waals surface area contributed by atoms with Crippen LogP contribution in [0.15, 0.2) is 53.5 Å². The highest BCUT2D eigenvalue weighted by molar-refractivity contribution is 8.14. The Kier molecular flexibility index (Phi) is 7.07. The maximum Gasteiger partial charge on any atom is 0.416 e. The molecule has 2 saturated heterocycles. The summed E-state index contributed by atoms with van der Waals surface area (Å²) in [6.07, 6.45) is -0.237. The molecule has 9 heteroatoms. The predicted molar refractivity (Wildman–Crippen MR) is 134 cm³/mol. The van der Waals surface area contributed by atoms with Gasteiger partial charge in [-0.15, -0.1) is 0 Å². The van der Waals surface area contributed by atoms with Crippen molar-refractivity contribution in [2.75, 3.05) is 36.8 Å². The number of alkyl halides is 3. The van der Waals surface area contributed by atoms with Crippen LogP contribution in [0, 0.1) is 0 Å². The fraction of sp³-hybridized carbons (Fsp3) is 0.462. The number of hydrogen-bond donors (Lipinski definition) is 1. The summed E-state index contributed by atoms with van der Waals surface area (Å²) in [5.74, 6) is 0.114. The van der Waals surface area contributed by atoms with Gasteiger partial charge in [-0.05, 0) is 62.5 Å². The molecule has 0 aliphatic carbocycles. The third-order valence-electron chi connectivity index (χ3n) is 7.05. The lowest BCUT2D eigenvalue weighted by atomic mass is 10.0. The van der Waals surface area contributed by atoms with Crippen LogP contribution in [-0.4, -0.2) is 53.9 Å². The second kappa shape index (κ2) is 10.2. The van der Waals surface area contributed by atoms with E-state index in [0.29, 0.717) is 35.7 Å². The van der Waals surface area contributed by atoms with Crippen molar-refractivity contribution in [2.24, 2.45) is 4.99 Å². The van der Waals surface area contributed by atoms with E-state index >= 15 is 0 Å².